The van der Waals surface area contributed by atoms with Crippen molar-refractivity contribution in [3.63, 3.8) is 0 Å². The lowest BCUT2D eigenvalue weighted by molar-refractivity contribution is -0.384. The average molecular weight is 332 g/mol. The summed E-state index contributed by atoms with van der Waals surface area (Å²) in [5.74, 6) is 0. The smallest absolute Gasteiger partial charge is 0.270 e. The molecule has 1 N–H and O–H groups in total. The van der Waals surface area contributed by atoms with Crippen molar-refractivity contribution < 1.29 is 4.92 Å². The van der Waals surface area contributed by atoms with E-state index in [1.54, 1.807) is 6.07 Å². The molecular formula is C14H19Cl2N3O2. The molecule has 2 aliphatic rings. The molecule has 7 heteroatoms. The third-order valence-corrected chi connectivity index (χ3v) is 4.84. The van der Waals surface area contributed by atoms with Gasteiger partial charge in [-0.3, -0.25) is 15.0 Å². The highest BCUT2D eigenvalue weighted by molar-refractivity contribution is 6.31. The third-order valence-electron chi connectivity index (χ3n) is 4.49. The molecule has 0 saturated carbocycles. The molecule has 2 aliphatic heterocycles. The Morgan fingerprint density at radius 2 is 2.24 bits per heavy atom. The van der Waals surface area contributed by atoms with Gasteiger partial charge in [0, 0.05) is 31.8 Å². The molecular weight excluding hydrogens is 313 g/mol. The third kappa shape index (κ3) is 3.48. The van der Waals surface area contributed by atoms with Crippen molar-refractivity contribution in [2.24, 2.45) is 5.41 Å². The minimum absolute atomic E-state index is 0. The molecule has 0 radical (unpaired) electrons. The molecule has 2 heterocycles. The van der Waals surface area contributed by atoms with Crippen LogP contribution in [0.3, 0.4) is 0 Å². The minimum atomic E-state index is -0.412. The van der Waals surface area contributed by atoms with Crippen LogP contribution in [0.4, 0.5) is 5.69 Å². The summed E-state index contributed by atoms with van der Waals surface area (Å²) in [7, 11) is 0. The fourth-order valence-corrected chi connectivity index (χ4v) is 3.56. The Morgan fingerprint density at radius 3 is 2.86 bits per heavy atom. The predicted octanol–water partition coefficient (Wildman–Crippen LogP) is 2.86. The molecule has 1 aromatic carbocycles. The Balaban J connectivity index is 0.00000161. The van der Waals surface area contributed by atoms with Crippen LogP contribution in [0.15, 0.2) is 18.2 Å². The van der Waals surface area contributed by atoms with Crippen molar-refractivity contribution in [2.45, 2.75) is 19.4 Å². The molecule has 3 rings (SSSR count). The molecule has 5 nitrogen and oxygen atoms in total. The molecule has 0 bridgehead atoms. The van der Waals surface area contributed by atoms with Gasteiger partial charge in [-0.2, -0.15) is 0 Å². The van der Waals surface area contributed by atoms with Gasteiger partial charge >= 0.3 is 0 Å². The first-order valence-electron chi connectivity index (χ1n) is 6.94. The van der Waals surface area contributed by atoms with Crippen LogP contribution in [0.2, 0.25) is 5.02 Å². The maximum absolute atomic E-state index is 10.7. The second kappa shape index (κ2) is 6.48. The van der Waals surface area contributed by atoms with Crippen LogP contribution in [0, 0.1) is 15.5 Å². The Hall–Kier alpha value is -0.880. The van der Waals surface area contributed by atoms with Crippen molar-refractivity contribution in [1.82, 2.24) is 10.2 Å². The van der Waals surface area contributed by atoms with Gasteiger partial charge in [0.15, 0.2) is 0 Å². The lowest BCUT2D eigenvalue weighted by Crippen LogP contribution is -2.29. The Morgan fingerprint density at radius 1 is 1.43 bits per heavy atom. The van der Waals surface area contributed by atoms with E-state index >= 15 is 0 Å². The number of benzene rings is 1. The van der Waals surface area contributed by atoms with E-state index in [1.807, 2.05) is 0 Å². The molecule has 1 unspecified atom stereocenters. The van der Waals surface area contributed by atoms with Gasteiger partial charge in [-0.15, -0.1) is 12.4 Å². The van der Waals surface area contributed by atoms with Crippen LogP contribution in [0.5, 0.6) is 0 Å². The number of rotatable bonds is 3. The number of likely N-dealkylation sites (tertiary alicyclic amines) is 1. The first-order valence-corrected chi connectivity index (χ1v) is 7.32. The number of non-ortho nitro benzene ring substituents is 1. The summed E-state index contributed by atoms with van der Waals surface area (Å²) in [6.07, 6.45) is 2.47. The summed E-state index contributed by atoms with van der Waals surface area (Å²) in [6.45, 7) is 5.17. The summed E-state index contributed by atoms with van der Waals surface area (Å²) in [5.41, 5.74) is 1.46. The molecule has 116 valence electrons. The number of hydrogen-bond donors (Lipinski definition) is 1. The van der Waals surface area contributed by atoms with Gasteiger partial charge in [0.2, 0.25) is 0 Å². The normalized spacial score (nSPS) is 25.2. The van der Waals surface area contributed by atoms with Gasteiger partial charge in [0.1, 0.15) is 0 Å². The molecule has 2 saturated heterocycles. The van der Waals surface area contributed by atoms with Crippen LogP contribution in [0.25, 0.3) is 0 Å². The molecule has 0 amide bonds. The minimum Gasteiger partial charge on any atom is -0.316 e. The summed E-state index contributed by atoms with van der Waals surface area (Å²) in [5, 5.41) is 14.6. The fourth-order valence-electron chi connectivity index (χ4n) is 3.33. The molecule has 0 aromatic heterocycles. The number of nitro groups is 1. The second-order valence-corrected chi connectivity index (χ2v) is 6.33. The molecule has 0 aliphatic carbocycles. The number of nitrogens with one attached hydrogen (secondary N) is 1. The summed E-state index contributed by atoms with van der Waals surface area (Å²) in [4.78, 5) is 12.7. The number of hydrogen-bond acceptors (Lipinski definition) is 4. The summed E-state index contributed by atoms with van der Waals surface area (Å²) >= 11 is 6.16. The van der Waals surface area contributed by atoms with E-state index in [2.05, 4.69) is 10.2 Å². The van der Waals surface area contributed by atoms with Gasteiger partial charge in [-0.05, 0) is 43.0 Å². The molecule has 1 spiro atoms. The maximum atomic E-state index is 10.7. The highest BCUT2D eigenvalue weighted by Crippen LogP contribution is 2.37. The van der Waals surface area contributed by atoms with Gasteiger partial charge in [-0.1, -0.05) is 11.6 Å². The van der Waals surface area contributed by atoms with Gasteiger partial charge in [-0.25, -0.2) is 0 Å². The van der Waals surface area contributed by atoms with E-state index in [4.69, 9.17) is 11.6 Å². The van der Waals surface area contributed by atoms with E-state index in [0.717, 1.165) is 38.3 Å². The van der Waals surface area contributed by atoms with Crippen molar-refractivity contribution in [1.29, 1.82) is 0 Å². The first kappa shape index (κ1) is 16.5. The largest absolute Gasteiger partial charge is 0.316 e. The highest BCUT2D eigenvalue weighted by Gasteiger charge is 2.40. The second-order valence-electron chi connectivity index (χ2n) is 5.92. The quantitative estimate of drug-likeness (QED) is 0.683. The zero-order chi connectivity index (χ0) is 14.2. The van der Waals surface area contributed by atoms with Crippen LogP contribution in [-0.2, 0) is 6.54 Å². The van der Waals surface area contributed by atoms with Gasteiger partial charge in [0.25, 0.3) is 5.69 Å². The highest BCUT2D eigenvalue weighted by atomic mass is 35.5. The molecule has 1 aromatic rings. The van der Waals surface area contributed by atoms with E-state index in [9.17, 15) is 10.1 Å². The average Bonchev–Trinajstić information content (AvgIpc) is 3.03. The van der Waals surface area contributed by atoms with E-state index in [-0.39, 0.29) is 18.1 Å². The fraction of sp³-hybridized carbons (Fsp3) is 0.571. The Bertz CT molecular complexity index is 533. The van der Waals surface area contributed by atoms with Crippen molar-refractivity contribution in [3.05, 3.63) is 38.9 Å². The first-order chi connectivity index (χ1) is 9.58. The summed E-state index contributed by atoms with van der Waals surface area (Å²) in [6, 6.07) is 4.75. The van der Waals surface area contributed by atoms with E-state index < -0.39 is 4.92 Å². The Kier molecular flexibility index (Phi) is 5.09. The molecule has 2 fully saturated rings. The lowest BCUT2D eigenvalue weighted by atomic mass is 9.86. The number of nitrogens with zero attached hydrogens (tertiary/aromatic N) is 2. The predicted molar refractivity (Wildman–Crippen MR) is 85.2 cm³/mol. The van der Waals surface area contributed by atoms with Crippen molar-refractivity contribution >= 4 is 29.7 Å². The number of nitro benzene ring substituents is 1. The standard InChI is InChI=1S/C14H18ClN3O2.ClH/c15-13-7-12(18(19)20)2-1-11(13)8-17-6-4-14(10-17)3-5-16-9-14;/h1-2,7,16H,3-6,8-10H2;1H. The van der Waals surface area contributed by atoms with Gasteiger partial charge in [0.05, 0.1) is 9.95 Å². The van der Waals surface area contributed by atoms with Crippen LogP contribution < -0.4 is 5.32 Å². The van der Waals surface area contributed by atoms with Gasteiger partial charge < -0.3 is 5.32 Å². The lowest BCUT2D eigenvalue weighted by Gasteiger charge is -2.23. The SMILES string of the molecule is Cl.O=[N+]([O-])c1ccc(CN2CCC3(CCNC3)C2)c(Cl)c1. The van der Waals surface area contributed by atoms with E-state index in [0.29, 0.717) is 10.4 Å². The van der Waals surface area contributed by atoms with E-state index in [1.165, 1.54) is 25.0 Å². The topological polar surface area (TPSA) is 58.4 Å². The van der Waals surface area contributed by atoms with Crippen LogP contribution in [-0.4, -0.2) is 36.0 Å². The zero-order valence-electron chi connectivity index (χ0n) is 11.7. The maximum Gasteiger partial charge on any atom is 0.270 e. The monoisotopic (exact) mass is 331 g/mol. The molecule has 1 atom stereocenters. The molecule has 21 heavy (non-hydrogen) atoms. The zero-order valence-corrected chi connectivity index (χ0v) is 13.3. The van der Waals surface area contributed by atoms with Crippen molar-refractivity contribution in [2.75, 3.05) is 26.2 Å². The number of halogens is 2. The van der Waals surface area contributed by atoms with Crippen LogP contribution in [0.1, 0.15) is 18.4 Å². The summed E-state index contributed by atoms with van der Waals surface area (Å²) < 4.78 is 0. The van der Waals surface area contributed by atoms with Crippen LogP contribution >= 0.6 is 24.0 Å². The Labute approximate surface area is 135 Å². The van der Waals surface area contributed by atoms with Crippen molar-refractivity contribution in [3.8, 4) is 0 Å².